The summed E-state index contributed by atoms with van der Waals surface area (Å²) in [6, 6.07) is 7.84. The van der Waals surface area contributed by atoms with Crippen molar-refractivity contribution >= 4 is 0 Å². The lowest BCUT2D eigenvalue weighted by molar-refractivity contribution is 0.188. The van der Waals surface area contributed by atoms with Crippen LogP contribution in [0.15, 0.2) is 18.2 Å². The number of hydrogen-bond acceptors (Lipinski definition) is 2. The number of benzene rings is 1. The van der Waals surface area contributed by atoms with Crippen LogP contribution in [0.1, 0.15) is 50.4 Å². The van der Waals surface area contributed by atoms with Crippen LogP contribution in [-0.2, 0) is 0 Å². The lowest BCUT2D eigenvalue weighted by Crippen LogP contribution is -2.40. The van der Waals surface area contributed by atoms with Gasteiger partial charge in [-0.3, -0.25) is 0 Å². The minimum atomic E-state index is 0.408. The number of nitrogens with one attached hydrogen (secondary N) is 1. The third kappa shape index (κ3) is 4.60. The van der Waals surface area contributed by atoms with Gasteiger partial charge >= 0.3 is 0 Å². The van der Waals surface area contributed by atoms with E-state index in [9.17, 15) is 0 Å². The van der Waals surface area contributed by atoms with Crippen molar-refractivity contribution in [3.63, 3.8) is 0 Å². The third-order valence-electron chi connectivity index (χ3n) is 4.51. The van der Waals surface area contributed by atoms with Crippen LogP contribution < -0.4 is 5.32 Å². The van der Waals surface area contributed by atoms with Crippen LogP contribution in [0, 0.1) is 19.8 Å². The van der Waals surface area contributed by atoms with Crippen LogP contribution in [-0.4, -0.2) is 31.1 Å². The molecule has 1 N–H and O–H groups in total. The molecule has 2 heteroatoms. The molecular weight excluding hydrogens is 244 g/mol. The topological polar surface area (TPSA) is 15.3 Å². The third-order valence-corrected chi connectivity index (χ3v) is 4.51. The van der Waals surface area contributed by atoms with E-state index >= 15 is 0 Å². The fraction of sp³-hybridized carbons (Fsp3) is 0.667. The fourth-order valence-corrected chi connectivity index (χ4v) is 2.48. The number of rotatable bonds is 7. The maximum Gasteiger partial charge on any atom is 0.0449 e. The van der Waals surface area contributed by atoms with E-state index in [2.05, 4.69) is 77.0 Å². The van der Waals surface area contributed by atoms with Gasteiger partial charge in [0.15, 0.2) is 0 Å². The first-order valence-electron chi connectivity index (χ1n) is 7.87. The normalized spacial score (nSPS) is 14.8. The van der Waals surface area contributed by atoms with Gasteiger partial charge in [-0.15, -0.1) is 0 Å². The van der Waals surface area contributed by atoms with Gasteiger partial charge in [-0.25, -0.2) is 0 Å². The Bertz CT molecular complexity index is 412. The maximum absolute atomic E-state index is 3.63. The predicted molar refractivity (Wildman–Crippen MR) is 89.3 cm³/mol. The Kier molecular flexibility index (Phi) is 6.70. The molecule has 0 aliphatic carbocycles. The van der Waals surface area contributed by atoms with Crippen molar-refractivity contribution in [3.05, 3.63) is 34.9 Å². The van der Waals surface area contributed by atoms with Crippen LogP contribution in [0.3, 0.4) is 0 Å². The van der Waals surface area contributed by atoms with Gasteiger partial charge in [0, 0.05) is 18.6 Å². The van der Waals surface area contributed by atoms with Crippen LogP contribution in [0.4, 0.5) is 0 Å². The zero-order chi connectivity index (χ0) is 15.3. The molecule has 0 saturated carbocycles. The SMILES string of the molecule is CCNC(CN(C)C(C)C(C)C)c1ccc(C)c(C)c1. The first-order chi connectivity index (χ1) is 9.36. The van der Waals surface area contributed by atoms with Gasteiger partial charge in [-0.05, 0) is 57.0 Å². The minimum Gasteiger partial charge on any atom is -0.309 e. The Morgan fingerprint density at radius 1 is 1.10 bits per heavy atom. The van der Waals surface area contributed by atoms with E-state index in [1.54, 1.807) is 0 Å². The molecule has 0 saturated heterocycles. The first kappa shape index (κ1) is 17.2. The van der Waals surface area contributed by atoms with Crippen molar-refractivity contribution in [1.82, 2.24) is 10.2 Å². The average Bonchev–Trinajstić information content (AvgIpc) is 2.40. The fourth-order valence-electron chi connectivity index (χ4n) is 2.48. The van der Waals surface area contributed by atoms with Crippen LogP contribution in [0.25, 0.3) is 0 Å². The summed E-state index contributed by atoms with van der Waals surface area (Å²) in [5.41, 5.74) is 4.15. The molecule has 0 aromatic heterocycles. The van der Waals surface area contributed by atoms with Gasteiger partial charge in [0.1, 0.15) is 0 Å². The van der Waals surface area contributed by atoms with Crippen molar-refractivity contribution in [2.45, 2.75) is 53.6 Å². The molecule has 2 atom stereocenters. The summed E-state index contributed by atoms with van der Waals surface area (Å²) < 4.78 is 0. The molecular formula is C18H32N2. The zero-order valence-corrected chi connectivity index (χ0v) is 14.3. The predicted octanol–water partition coefficient (Wildman–Crippen LogP) is 3.93. The van der Waals surface area contributed by atoms with Crippen LogP contribution in [0.2, 0.25) is 0 Å². The van der Waals surface area contributed by atoms with Crippen molar-refractivity contribution in [1.29, 1.82) is 0 Å². The molecule has 0 aliphatic heterocycles. The van der Waals surface area contributed by atoms with E-state index in [-0.39, 0.29) is 0 Å². The van der Waals surface area contributed by atoms with Crippen molar-refractivity contribution in [2.24, 2.45) is 5.92 Å². The van der Waals surface area contributed by atoms with E-state index in [1.807, 2.05) is 0 Å². The average molecular weight is 276 g/mol. The smallest absolute Gasteiger partial charge is 0.0449 e. The van der Waals surface area contributed by atoms with Crippen LogP contribution in [0.5, 0.6) is 0 Å². The molecule has 2 unspecified atom stereocenters. The summed E-state index contributed by atoms with van der Waals surface area (Å²) in [5, 5.41) is 3.63. The monoisotopic (exact) mass is 276 g/mol. The largest absolute Gasteiger partial charge is 0.309 e. The first-order valence-corrected chi connectivity index (χ1v) is 7.87. The summed E-state index contributed by atoms with van der Waals surface area (Å²) in [7, 11) is 2.23. The molecule has 0 bridgehead atoms. The Morgan fingerprint density at radius 2 is 1.75 bits per heavy atom. The van der Waals surface area contributed by atoms with E-state index in [0.717, 1.165) is 13.1 Å². The van der Waals surface area contributed by atoms with Gasteiger partial charge in [-0.2, -0.15) is 0 Å². The minimum absolute atomic E-state index is 0.408. The van der Waals surface area contributed by atoms with Crippen LogP contribution >= 0.6 is 0 Å². The quantitative estimate of drug-likeness (QED) is 0.811. The highest BCUT2D eigenvalue weighted by Gasteiger charge is 2.18. The van der Waals surface area contributed by atoms with Crippen molar-refractivity contribution < 1.29 is 0 Å². The number of nitrogens with zero attached hydrogens (tertiary/aromatic N) is 1. The molecule has 2 nitrogen and oxygen atoms in total. The highest BCUT2D eigenvalue weighted by Crippen LogP contribution is 2.20. The molecule has 1 aromatic rings. The molecule has 0 heterocycles. The van der Waals surface area contributed by atoms with Gasteiger partial charge in [0.25, 0.3) is 0 Å². The lowest BCUT2D eigenvalue weighted by Gasteiger charge is -2.32. The molecule has 0 radical (unpaired) electrons. The molecule has 0 amide bonds. The summed E-state index contributed by atoms with van der Waals surface area (Å²) >= 11 is 0. The second-order valence-corrected chi connectivity index (χ2v) is 6.38. The molecule has 1 rings (SSSR count). The van der Waals surface area contributed by atoms with Gasteiger partial charge in [0.2, 0.25) is 0 Å². The molecule has 0 aliphatic rings. The number of aryl methyl sites for hydroxylation is 2. The standard InChI is InChI=1S/C18H32N2/c1-8-19-18(12-20(7)16(6)13(2)3)17-10-9-14(4)15(5)11-17/h9-11,13,16,18-19H,8,12H2,1-7H3. The zero-order valence-electron chi connectivity index (χ0n) is 14.3. The van der Waals surface area contributed by atoms with Gasteiger partial charge < -0.3 is 10.2 Å². The maximum atomic E-state index is 3.63. The Morgan fingerprint density at radius 3 is 2.25 bits per heavy atom. The molecule has 0 fully saturated rings. The summed E-state index contributed by atoms with van der Waals surface area (Å²) in [4.78, 5) is 2.47. The molecule has 1 aromatic carbocycles. The Hall–Kier alpha value is -0.860. The van der Waals surface area contributed by atoms with Crippen molar-refractivity contribution in [2.75, 3.05) is 20.1 Å². The summed E-state index contributed by atoms with van der Waals surface area (Å²) in [5.74, 6) is 0.682. The summed E-state index contributed by atoms with van der Waals surface area (Å²) in [6.45, 7) is 15.5. The van der Waals surface area contributed by atoms with Crippen molar-refractivity contribution in [3.8, 4) is 0 Å². The molecule has 20 heavy (non-hydrogen) atoms. The highest BCUT2D eigenvalue weighted by molar-refractivity contribution is 5.31. The summed E-state index contributed by atoms with van der Waals surface area (Å²) in [6.07, 6.45) is 0. The second-order valence-electron chi connectivity index (χ2n) is 6.38. The second kappa shape index (κ2) is 7.80. The molecule has 114 valence electrons. The molecule has 0 spiro atoms. The van der Waals surface area contributed by atoms with E-state index in [4.69, 9.17) is 0 Å². The number of hydrogen-bond donors (Lipinski definition) is 1. The Labute approximate surface area is 125 Å². The highest BCUT2D eigenvalue weighted by atomic mass is 15.2. The van der Waals surface area contributed by atoms with E-state index in [1.165, 1.54) is 16.7 Å². The van der Waals surface area contributed by atoms with E-state index in [0.29, 0.717) is 18.0 Å². The lowest BCUT2D eigenvalue weighted by atomic mass is 9.99. The number of likely N-dealkylation sites (N-methyl/N-ethyl adjacent to an activating group) is 2. The van der Waals surface area contributed by atoms with Gasteiger partial charge in [-0.1, -0.05) is 39.0 Å². The van der Waals surface area contributed by atoms with E-state index < -0.39 is 0 Å². The van der Waals surface area contributed by atoms with Gasteiger partial charge in [0.05, 0.1) is 0 Å². The Balaban J connectivity index is 2.85.